The number of hydrogen-bond acceptors (Lipinski definition) is 2. The summed E-state index contributed by atoms with van der Waals surface area (Å²) in [6, 6.07) is 9.67. The highest BCUT2D eigenvalue weighted by Gasteiger charge is 2.42. The van der Waals surface area contributed by atoms with Crippen LogP contribution in [0.25, 0.3) is 0 Å². The molecule has 1 heterocycles. The Kier molecular flexibility index (Phi) is 5.22. The average molecular weight is 316 g/mol. The molecule has 2 rings (SSSR count). The molecule has 0 saturated carbocycles. The van der Waals surface area contributed by atoms with Crippen molar-refractivity contribution >= 4 is 17.2 Å². The van der Waals surface area contributed by atoms with E-state index in [1.54, 1.807) is 0 Å². The van der Waals surface area contributed by atoms with Crippen LogP contribution in [0.2, 0.25) is 0 Å². The molecule has 0 bridgehead atoms. The normalized spacial score (nSPS) is 19.4. The summed E-state index contributed by atoms with van der Waals surface area (Å²) in [5, 5.41) is 0. The Labute approximate surface area is 128 Å². The second kappa shape index (κ2) is 6.75. The number of nitrogens with zero attached hydrogens (tertiary/aromatic N) is 1. The standard InChI is InChI=1S/C15H19F3N2S/c16-15(17,18)12-6-8-20(9-7-12)13(10-14(19)21)11-4-2-1-3-5-11/h1-5,12-13H,6-10H2,(H2,19,21). The summed E-state index contributed by atoms with van der Waals surface area (Å²) in [5.41, 5.74) is 6.71. The van der Waals surface area contributed by atoms with Crippen molar-refractivity contribution in [1.82, 2.24) is 4.90 Å². The number of thiocarbonyl (C=S) groups is 1. The number of piperidine rings is 1. The fourth-order valence-corrected chi connectivity index (χ4v) is 3.02. The fraction of sp³-hybridized carbons (Fsp3) is 0.533. The minimum Gasteiger partial charge on any atom is -0.393 e. The van der Waals surface area contributed by atoms with Crippen LogP contribution in [0.4, 0.5) is 13.2 Å². The van der Waals surface area contributed by atoms with Crippen molar-refractivity contribution < 1.29 is 13.2 Å². The smallest absolute Gasteiger partial charge is 0.391 e. The number of rotatable bonds is 4. The molecule has 6 heteroatoms. The van der Waals surface area contributed by atoms with E-state index in [0.717, 1.165) is 5.56 Å². The molecule has 1 unspecified atom stereocenters. The quantitative estimate of drug-likeness (QED) is 0.859. The van der Waals surface area contributed by atoms with E-state index in [0.29, 0.717) is 24.5 Å². The fourth-order valence-electron chi connectivity index (χ4n) is 2.86. The molecule has 1 aromatic carbocycles. The summed E-state index contributed by atoms with van der Waals surface area (Å²) in [6.45, 7) is 0.846. The minimum atomic E-state index is -4.09. The van der Waals surface area contributed by atoms with Gasteiger partial charge in [-0.3, -0.25) is 4.90 Å². The maximum absolute atomic E-state index is 12.7. The van der Waals surface area contributed by atoms with Crippen LogP contribution in [0, 0.1) is 5.92 Å². The molecule has 1 aliphatic heterocycles. The lowest BCUT2D eigenvalue weighted by molar-refractivity contribution is -0.186. The Morgan fingerprint density at radius 1 is 1.24 bits per heavy atom. The molecule has 1 aliphatic rings. The molecule has 1 atom stereocenters. The van der Waals surface area contributed by atoms with Crippen molar-refractivity contribution in [1.29, 1.82) is 0 Å². The maximum Gasteiger partial charge on any atom is 0.391 e. The molecule has 1 aromatic rings. The van der Waals surface area contributed by atoms with Crippen molar-refractivity contribution in [2.75, 3.05) is 13.1 Å². The first-order chi connectivity index (χ1) is 9.88. The summed E-state index contributed by atoms with van der Waals surface area (Å²) in [5.74, 6) is -1.19. The molecule has 0 spiro atoms. The second-order valence-corrected chi connectivity index (χ2v) is 5.97. The minimum absolute atomic E-state index is 0.0297. The van der Waals surface area contributed by atoms with E-state index in [9.17, 15) is 13.2 Å². The third kappa shape index (κ3) is 4.41. The topological polar surface area (TPSA) is 29.3 Å². The number of benzene rings is 1. The van der Waals surface area contributed by atoms with Crippen molar-refractivity contribution in [3.8, 4) is 0 Å². The molecular weight excluding hydrogens is 297 g/mol. The van der Waals surface area contributed by atoms with Crippen molar-refractivity contribution in [2.45, 2.75) is 31.5 Å². The van der Waals surface area contributed by atoms with Gasteiger partial charge in [0.05, 0.1) is 10.9 Å². The number of hydrogen-bond donors (Lipinski definition) is 1. The Bertz CT molecular complexity index is 468. The van der Waals surface area contributed by atoms with E-state index >= 15 is 0 Å². The molecule has 0 radical (unpaired) electrons. The first-order valence-electron chi connectivity index (χ1n) is 7.02. The largest absolute Gasteiger partial charge is 0.393 e. The Hall–Kier alpha value is -1.14. The lowest BCUT2D eigenvalue weighted by Crippen LogP contribution is -2.41. The Balaban J connectivity index is 2.08. The molecule has 21 heavy (non-hydrogen) atoms. The lowest BCUT2D eigenvalue weighted by Gasteiger charge is -2.38. The van der Waals surface area contributed by atoms with E-state index in [4.69, 9.17) is 18.0 Å². The molecule has 0 aliphatic carbocycles. The van der Waals surface area contributed by atoms with E-state index in [1.165, 1.54) is 0 Å². The predicted octanol–water partition coefficient (Wildman–Crippen LogP) is 3.68. The van der Waals surface area contributed by atoms with Crippen LogP contribution in [-0.4, -0.2) is 29.2 Å². The summed E-state index contributed by atoms with van der Waals surface area (Å²) in [6.07, 6.45) is -3.30. The first kappa shape index (κ1) is 16.2. The highest BCUT2D eigenvalue weighted by atomic mass is 32.1. The number of halogens is 3. The number of alkyl halides is 3. The third-order valence-corrected chi connectivity index (χ3v) is 4.18. The summed E-state index contributed by atoms with van der Waals surface area (Å²) >= 11 is 4.99. The van der Waals surface area contributed by atoms with Crippen LogP contribution in [0.3, 0.4) is 0 Å². The van der Waals surface area contributed by atoms with Gasteiger partial charge in [0.15, 0.2) is 0 Å². The zero-order valence-corrected chi connectivity index (χ0v) is 12.5. The van der Waals surface area contributed by atoms with Crippen molar-refractivity contribution in [2.24, 2.45) is 11.7 Å². The molecule has 0 amide bonds. The van der Waals surface area contributed by atoms with Crippen LogP contribution < -0.4 is 5.73 Å². The van der Waals surface area contributed by atoms with Gasteiger partial charge in [-0.2, -0.15) is 13.2 Å². The molecule has 1 fully saturated rings. The van der Waals surface area contributed by atoms with Gasteiger partial charge in [-0.15, -0.1) is 0 Å². The van der Waals surface area contributed by atoms with E-state index in [2.05, 4.69) is 4.90 Å². The molecule has 2 nitrogen and oxygen atoms in total. The van der Waals surface area contributed by atoms with Gasteiger partial charge in [-0.1, -0.05) is 42.5 Å². The van der Waals surface area contributed by atoms with Crippen molar-refractivity contribution in [3.05, 3.63) is 35.9 Å². The monoisotopic (exact) mass is 316 g/mol. The van der Waals surface area contributed by atoms with Crippen LogP contribution >= 0.6 is 12.2 Å². The van der Waals surface area contributed by atoms with Crippen LogP contribution in [-0.2, 0) is 0 Å². The van der Waals surface area contributed by atoms with Crippen LogP contribution in [0.5, 0.6) is 0 Å². The van der Waals surface area contributed by atoms with Gasteiger partial charge in [0.25, 0.3) is 0 Å². The first-order valence-corrected chi connectivity index (χ1v) is 7.42. The maximum atomic E-state index is 12.7. The lowest BCUT2D eigenvalue weighted by atomic mass is 9.93. The highest BCUT2D eigenvalue weighted by molar-refractivity contribution is 7.80. The molecule has 2 N–H and O–H groups in total. The van der Waals surface area contributed by atoms with Gasteiger partial charge in [-0.25, -0.2) is 0 Å². The Morgan fingerprint density at radius 3 is 2.29 bits per heavy atom. The third-order valence-electron chi connectivity index (χ3n) is 4.01. The van der Waals surface area contributed by atoms with E-state index < -0.39 is 12.1 Å². The second-order valence-electron chi connectivity index (χ2n) is 5.45. The van der Waals surface area contributed by atoms with Gasteiger partial charge in [-0.05, 0) is 31.5 Å². The molecular formula is C15H19F3N2S. The van der Waals surface area contributed by atoms with E-state index in [-0.39, 0.29) is 18.9 Å². The SMILES string of the molecule is NC(=S)CC(c1ccccc1)N1CCC(C(F)(F)F)CC1. The Morgan fingerprint density at radius 2 is 1.81 bits per heavy atom. The highest BCUT2D eigenvalue weighted by Crippen LogP contribution is 2.37. The van der Waals surface area contributed by atoms with E-state index in [1.807, 2.05) is 30.3 Å². The van der Waals surface area contributed by atoms with Gasteiger partial charge in [0.1, 0.15) is 0 Å². The number of likely N-dealkylation sites (tertiary alicyclic amines) is 1. The predicted molar refractivity (Wildman–Crippen MR) is 80.9 cm³/mol. The zero-order chi connectivity index (χ0) is 15.5. The summed E-state index contributed by atoms with van der Waals surface area (Å²) in [7, 11) is 0. The van der Waals surface area contributed by atoms with Crippen molar-refractivity contribution in [3.63, 3.8) is 0 Å². The summed E-state index contributed by atoms with van der Waals surface area (Å²) in [4.78, 5) is 2.46. The zero-order valence-electron chi connectivity index (χ0n) is 11.6. The van der Waals surface area contributed by atoms with Gasteiger partial charge in [0.2, 0.25) is 0 Å². The number of nitrogens with two attached hydrogens (primary N) is 1. The van der Waals surface area contributed by atoms with Crippen LogP contribution in [0.1, 0.15) is 30.9 Å². The van der Waals surface area contributed by atoms with Gasteiger partial charge >= 0.3 is 6.18 Å². The average Bonchev–Trinajstić information content (AvgIpc) is 2.45. The van der Waals surface area contributed by atoms with Gasteiger partial charge in [0, 0.05) is 12.5 Å². The summed E-state index contributed by atoms with van der Waals surface area (Å²) < 4.78 is 38.2. The molecule has 1 saturated heterocycles. The molecule has 116 valence electrons. The van der Waals surface area contributed by atoms with Gasteiger partial charge < -0.3 is 5.73 Å². The molecule has 0 aromatic heterocycles. The van der Waals surface area contributed by atoms with Crippen LogP contribution in [0.15, 0.2) is 30.3 Å².